The monoisotopic (exact) mass is 355 g/mol. The van der Waals surface area contributed by atoms with Gasteiger partial charge in [0.25, 0.3) is 5.69 Å². The van der Waals surface area contributed by atoms with Crippen LogP contribution >= 0.6 is 0 Å². The molecular formula is C18H17N3O5. The van der Waals surface area contributed by atoms with Gasteiger partial charge in [-0.1, -0.05) is 24.3 Å². The number of carbonyl (C=O) groups is 1. The molecule has 1 N–H and O–H groups in total. The SMILES string of the molecule is O=C(CCCNc1ccccc1[N+](=O)[O-])OCc1nc2ccccc2o1. The lowest BCUT2D eigenvalue weighted by Crippen LogP contribution is -2.09. The van der Waals surface area contributed by atoms with E-state index in [1.54, 1.807) is 24.3 Å². The molecule has 26 heavy (non-hydrogen) atoms. The quantitative estimate of drug-likeness (QED) is 0.284. The molecule has 0 aliphatic carbocycles. The summed E-state index contributed by atoms with van der Waals surface area (Å²) in [6, 6.07) is 13.7. The van der Waals surface area contributed by atoms with Crippen molar-refractivity contribution in [3.8, 4) is 0 Å². The highest BCUT2D eigenvalue weighted by atomic mass is 16.6. The Kier molecular flexibility index (Phi) is 5.43. The van der Waals surface area contributed by atoms with Crippen LogP contribution in [0.5, 0.6) is 0 Å². The van der Waals surface area contributed by atoms with Crippen LogP contribution in [0.1, 0.15) is 18.7 Å². The van der Waals surface area contributed by atoms with Crippen molar-refractivity contribution >= 4 is 28.4 Å². The average Bonchev–Trinajstić information content (AvgIpc) is 3.07. The van der Waals surface area contributed by atoms with Gasteiger partial charge in [-0.2, -0.15) is 0 Å². The number of carbonyl (C=O) groups excluding carboxylic acids is 1. The van der Waals surface area contributed by atoms with Crippen LogP contribution < -0.4 is 5.32 Å². The van der Waals surface area contributed by atoms with Crippen LogP contribution in [0.4, 0.5) is 11.4 Å². The van der Waals surface area contributed by atoms with E-state index in [2.05, 4.69) is 10.3 Å². The van der Waals surface area contributed by atoms with Crippen LogP contribution in [-0.2, 0) is 16.1 Å². The molecule has 134 valence electrons. The van der Waals surface area contributed by atoms with Crippen molar-refractivity contribution in [2.24, 2.45) is 0 Å². The molecular weight excluding hydrogens is 338 g/mol. The third-order valence-electron chi connectivity index (χ3n) is 3.67. The average molecular weight is 355 g/mol. The summed E-state index contributed by atoms with van der Waals surface area (Å²) in [5.74, 6) is -0.0331. The van der Waals surface area contributed by atoms with E-state index in [1.807, 2.05) is 18.2 Å². The molecule has 0 saturated heterocycles. The highest BCUT2D eigenvalue weighted by molar-refractivity contribution is 5.72. The van der Waals surface area contributed by atoms with Crippen molar-refractivity contribution in [2.75, 3.05) is 11.9 Å². The molecule has 3 aromatic rings. The Hall–Kier alpha value is -3.42. The van der Waals surface area contributed by atoms with Crippen LogP contribution in [0, 0.1) is 10.1 Å². The number of oxazole rings is 1. The third kappa shape index (κ3) is 4.35. The lowest BCUT2D eigenvalue weighted by atomic mass is 10.2. The molecule has 1 aromatic heterocycles. The minimum absolute atomic E-state index is 0.00559. The number of hydrogen-bond acceptors (Lipinski definition) is 7. The Morgan fingerprint density at radius 2 is 1.96 bits per heavy atom. The number of anilines is 1. The number of nitro groups is 1. The largest absolute Gasteiger partial charge is 0.456 e. The molecule has 0 bridgehead atoms. The second-order valence-electron chi connectivity index (χ2n) is 5.54. The predicted molar refractivity (Wildman–Crippen MR) is 94.6 cm³/mol. The van der Waals surface area contributed by atoms with E-state index in [-0.39, 0.29) is 24.7 Å². The lowest BCUT2D eigenvalue weighted by molar-refractivity contribution is -0.384. The van der Waals surface area contributed by atoms with Gasteiger partial charge in [0.15, 0.2) is 12.2 Å². The van der Waals surface area contributed by atoms with Crippen molar-refractivity contribution in [2.45, 2.75) is 19.4 Å². The molecule has 3 rings (SSSR count). The molecule has 8 nitrogen and oxygen atoms in total. The molecule has 0 aliphatic rings. The summed E-state index contributed by atoms with van der Waals surface area (Å²) in [5.41, 5.74) is 1.79. The van der Waals surface area contributed by atoms with E-state index in [0.29, 0.717) is 35.6 Å². The summed E-state index contributed by atoms with van der Waals surface area (Å²) in [5, 5.41) is 13.9. The van der Waals surface area contributed by atoms with Gasteiger partial charge in [0.2, 0.25) is 5.89 Å². The van der Waals surface area contributed by atoms with Crippen molar-refractivity contribution in [1.82, 2.24) is 4.98 Å². The van der Waals surface area contributed by atoms with Crippen molar-refractivity contribution < 1.29 is 18.9 Å². The van der Waals surface area contributed by atoms with Gasteiger partial charge < -0.3 is 14.5 Å². The van der Waals surface area contributed by atoms with Crippen molar-refractivity contribution in [3.63, 3.8) is 0 Å². The standard InChI is InChI=1S/C18H17N3O5/c22-18(25-12-17-20-14-7-2-4-9-16(14)26-17)10-5-11-19-13-6-1-3-8-15(13)21(23)24/h1-4,6-9,19H,5,10-12H2. The zero-order valence-electron chi connectivity index (χ0n) is 13.9. The van der Waals surface area contributed by atoms with Crippen LogP contribution in [0.2, 0.25) is 0 Å². The van der Waals surface area contributed by atoms with Gasteiger partial charge in [-0.05, 0) is 24.6 Å². The number of nitro benzene ring substituents is 1. The Bertz CT molecular complexity index is 889. The van der Waals surface area contributed by atoms with E-state index < -0.39 is 4.92 Å². The first kappa shape index (κ1) is 17.4. The van der Waals surface area contributed by atoms with Crippen LogP contribution in [0.25, 0.3) is 11.1 Å². The van der Waals surface area contributed by atoms with Gasteiger partial charge in [-0.15, -0.1) is 0 Å². The zero-order valence-corrected chi connectivity index (χ0v) is 13.9. The molecule has 0 amide bonds. The van der Waals surface area contributed by atoms with E-state index >= 15 is 0 Å². The zero-order chi connectivity index (χ0) is 18.4. The number of nitrogens with zero attached hydrogens (tertiary/aromatic N) is 2. The number of ether oxygens (including phenoxy) is 1. The van der Waals surface area contributed by atoms with Gasteiger partial charge in [0, 0.05) is 19.0 Å². The molecule has 1 heterocycles. The van der Waals surface area contributed by atoms with Gasteiger partial charge in [-0.25, -0.2) is 4.98 Å². The molecule has 0 radical (unpaired) electrons. The number of nitrogens with one attached hydrogen (secondary N) is 1. The number of hydrogen-bond donors (Lipinski definition) is 1. The Balaban J connectivity index is 1.41. The van der Waals surface area contributed by atoms with Gasteiger partial charge in [0.05, 0.1) is 4.92 Å². The Morgan fingerprint density at radius 1 is 1.19 bits per heavy atom. The van der Waals surface area contributed by atoms with Crippen molar-refractivity contribution in [1.29, 1.82) is 0 Å². The van der Waals surface area contributed by atoms with Gasteiger partial charge in [-0.3, -0.25) is 14.9 Å². The molecule has 8 heteroatoms. The normalized spacial score (nSPS) is 10.6. The van der Waals surface area contributed by atoms with Crippen LogP contribution in [0.15, 0.2) is 52.9 Å². The first-order valence-electron chi connectivity index (χ1n) is 8.11. The fourth-order valence-electron chi connectivity index (χ4n) is 2.43. The minimum Gasteiger partial charge on any atom is -0.456 e. The number of fused-ring (bicyclic) bond motifs is 1. The first-order valence-corrected chi connectivity index (χ1v) is 8.11. The maximum atomic E-state index is 11.8. The topological polar surface area (TPSA) is 108 Å². The molecule has 0 fully saturated rings. The lowest BCUT2D eigenvalue weighted by Gasteiger charge is -2.06. The molecule has 2 aromatic carbocycles. The van der Waals surface area contributed by atoms with Crippen LogP contribution in [0.3, 0.4) is 0 Å². The molecule has 0 aliphatic heterocycles. The fourth-order valence-corrected chi connectivity index (χ4v) is 2.43. The maximum absolute atomic E-state index is 11.8. The molecule has 0 saturated carbocycles. The number of para-hydroxylation sites is 4. The van der Waals surface area contributed by atoms with E-state index in [0.717, 1.165) is 0 Å². The number of rotatable bonds is 8. The number of benzene rings is 2. The Labute approximate surface area is 148 Å². The summed E-state index contributed by atoms with van der Waals surface area (Å²) in [7, 11) is 0. The summed E-state index contributed by atoms with van der Waals surface area (Å²) < 4.78 is 10.6. The first-order chi connectivity index (χ1) is 12.6. The summed E-state index contributed by atoms with van der Waals surface area (Å²) >= 11 is 0. The molecule has 0 spiro atoms. The fraction of sp³-hybridized carbons (Fsp3) is 0.222. The maximum Gasteiger partial charge on any atom is 0.306 e. The van der Waals surface area contributed by atoms with Gasteiger partial charge in [0.1, 0.15) is 11.2 Å². The third-order valence-corrected chi connectivity index (χ3v) is 3.67. The number of esters is 1. The van der Waals surface area contributed by atoms with Gasteiger partial charge >= 0.3 is 5.97 Å². The summed E-state index contributed by atoms with van der Waals surface area (Å²) in [6.45, 7) is 0.397. The van der Waals surface area contributed by atoms with E-state index in [1.165, 1.54) is 6.07 Å². The second-order valence-corrected chi connectivity index (χ2v) is 5.54. The molecule has 0 atom stereocenters. The second kappa shape index (κ2) is 8.11. The highest BCUT2D eigenvalue weighted by Crippen LogP contribution is 2.23. The molecule has 0 unspecified atom stereocenters. The predicted octanol–water partition coefficient (Wildman–Crippen LogP) is 3.67. The van der Waals surface area contributed by atoms with Crippen molar-refractivity contribution in [3.05, 3.63) is 64.5 Å². The van der Waals surface area contributed by atoms with E-state index in [4.69, 9.17) is 9.15 Å². The van der Waals surface area contributed by atoms with Crippen LogP contribution in [-0.4, -0.2) is 22.4 Å². The summed E-state index contributed by atoms with van der Waals surface area (Å²) in [4.78, 5) is 26.5. The smallest absolute Gasteiger partial charge is 0.306 e. The highest BCUT2D eigenvalue weighted by Gasteiger charge is 2.12. The van der Waals surface area contributed by atoms with E-state index in [9.17, 15) is 14.9 Å². The minimum atomic E-state index is -0.447. The number of aromatic nitrogens is 1. The summed E-state index contributed by atoms with van der Waals surface area (Å²) in [6.07, 6.45) is 0.673. The Morgan fingerprint density at radius 3 is 2.77 bits per heavy atom.